The third kappa shape index (κ3) is 5.11. The normalized spacial score (nSPS) is 22.8. The highest BCUT2D eigenvalue weighted by molar-refractivity contribution is 5.91. The van der Waals surface area contributed by atoms with Crippen LogP contribution in [-0.2, 0) is 20.7 Å². The SMILES string of the molecule is CC(C)(C)OC(=O)N1[C@@H]2CC[C@@H](C2)[C@H]1C(=O)N[C@@H](Cc1ccc(N=[N+]=N)cc1F)C(N)=O. The van der Waals surface area contributed by atoms with Crippen molar-refractivity contribution in [2.24, 2.45) is 16.8 Å². The maximum absolute atomic E-state index is 14.4. The molecule has 1 aromatic carbocycles. The Morgan fingerprint density at radius 1 is 1.38 bits per heavy atom. The van der Waals surface area contributed by atoms with Crippen LogP contribution in [0.15, 0.2) is 23.3 Å². The molecule has 0 aromatic heterocycles. The zero-order valence-corrected chi connectivity index (χ0v) is 18.3. The second-order valence-electron chi connectivity index (χ2n) is 9.20. The van der Waals surface area contributed by atoms with Gasteiger partial charge in [-0.2, -0.15) is 0 Å². The van der Waals surface area contributed by atoms with E-state index in [1.54, 1.807) is 20.8 Å². The van der Waals surface area contributed by atoms with Crippen LogP contribution < -0.4 is 16.0 Å². The van der Waals surface area contributed by atoms with Crippen molar-refractivity contribution in [1.82, 2.24) is 15.1 Å². The molecule has 1 saturated carbocycles. The van der Waals surface area contributed by atoms with Gasteiger partial charge in [-0.3, -0.25) is 14.5 Å². The predicted octanol–water partition coefficient (Wildman–Crippen LogP) is 2.31. The molecule has 4 atom stereocenters. The monoisotopic (exact) mass is 447 g/mol. The van der Waals surface area contributed by atoms with Gasteiger partial charge in [0.05, 0.1) is 0 Å². The number of benzene rings is 1. The van der Waals surface area contributed by atoms with Crippen molar-refractivity contribution in [3.63, 3.8) is 0 Å². The molecular weight excluding hydrogens is 419 g/mol. The van der Waals surface area contributed by atoms with Crippen molar-refractivity contribution in [3.05, 3.63) is 29.6 Å². The van der Waals surface area contributed by atoms with Gasteiger partial charge in [-0.25, -0.2) is 9.18 Å². The van der Waals surface area contributed by atoms with Crippen molar-refractivity contribution in [1.29, 1.82) is 5.53 Å². The molecule has 2 aliphatic rings. The highest BCUT2D eigenvalue weighted by Crippen LogP contribution is 2.43. The molecule has 172 valence electrons. The standard InChI is InChI=1S/C21H27FN6O4/c1-21(2,3)32-20(31)28-14-7-5-12(8-14)17(28)19(30)25-16(18(23)29)9-11-4-6-13(26-27-24)10-15(11)22/h4,6,10,12,14,16-17,24H,5,7-9H2,1-3H3,(H2-,23,25,29,30)/p+1/t12-,14+,16-,17-/m0/s1. The van der Waals surface area contributed by atoms with E-state index < -0.39 is 41.4 Å². The quantitative estimate of drug-likeness (QED) is 0.452. The van der Waals surface area contributed by atoms with E-state index in [1.165, 1.54) is 17.0 Å². The number of ether oxygens (including phenoxy) is 1. The Balaban J connectivity index is 1.76. The Kier molecular flexibility index (Phi) is 6.59. The maximum Gasteiger partial charge on any atom is 0.411 e. The van der Waals surface area contributed by atoms with Crippen LogP contribution in [0.25, 0.3) is 0 Å². The van der Waals surface area contributed by atoms with E-state index in [0.717, 1.165) is 18.9 Å². The van der Waals surface area contributed by atoms with Crippen molar-refractivity contribution in [2.75, 3.05) is 0 Å². The summed E-state index contributed by atoms with van der Waals surface area (Å²) in [5, 5.41) is 6.04. The molecular formula is C21H28FN6O4+. The van der Waals surface area contributed by atoms with E-state index in [-0.39, 0.29) is 29.6 Å². The third-order valence-corrected chi connectivity index (χ3v) is 5.74. The summed E-state index contributed by atoms with van der Waals surface area (Å²) in [6.07, 6.45) is 1.55. The van der Waals surface area contributed by atoms with Gasteiger partial charge in [-0.1, -0.05) is 6.07 Å². The number of carbonyl (C=O) groups excluding carboxylic acids is 3. The first-order valence-electron chi connectivity index (χ1n) is 10.5. The number of nitrogens with zero attached hydrogens (tertiary/aromatic N) is 3. The number of primary amides is 1. The van der Waals surface area contributed by atoms with Gasteiger partial charge in [0.15, 0.2) is 10.8 Å². The number of rotatable bonds is 6. The van der Waals surface area contributed by atoms with Crippen LogP contribution in [0.1, 0.15) is 45.6 Å². The second kappa shape index (κ2) is 9.04. The lowest BCUT2D eigenvalue weighted by molar-refractivity contribution is -0.132. The first-order valence-corrected chi connectivity index (χ1v) is 10.5. The Morgan fingerprint density at radius 3 is 2.69 bits per heavy atom. The molecule has 1 aromatic rings. The van der Waals surface area contributed by atoms with Gasteiger partial charge in [0.2, 0.25) is 16.7 Å². The average molecular weight is 447 g/mol. The molecule has 1 aliphatic carbocycles. The van der Waals surface area contributed by atoms with E-state index in [2.05, 4.69) is 15.3 Å². The van der Waals surface area contributed by atoms with Crippen LogP contribution in [0.5, 0.6) is 0 Å². The van der Waals surface area contributed by atoms with Crippen LogP contribution >= 0.6 is 0 Å². The number of hydrogen-bond acceptors (Lipinski definition) is 6. The van der Waals surface area contributed by atoms with E-state index in [1.807, 2.05) is 0 Å². The second-order valence-corrected chi connectivity index (χ2v) is 9.20. The van der Waals surface area contributed by atoms with Crippen molar-refractivity contribution in [2.45, 2.75) is 70.2 Å². The molecule has 2 bridgehead atoms. The first kappa shape index (κ1) is 23.3. The summed E-state index contributed by atoms with van der Waals surface area (Å²) in [6, 6.07) is 1.89. The van der Waals surface area contributed by atoms with Crippen LogP contribution in [-0.4, -0.2) is 46.5 Å². The zero-order chi connectivity index (χ0) is 23.6. The average Bonchev–Trinajstić information content (AvgIpc) is 3.29. The lowest BCUT2D eigenvalue weighted by Crippen LogP contribution is -2.57. The molecule has 10 nitrogen and oxygen atoms in total. The molecule has 3 rings (SSSR count). The fourth-order valence-corrected chi connectivity index (χ4v) is 4.42. The van der Waals surface area contributed by atoms with E-state index in [4.69, 9.17) is 16.0 Å². The molecule has 2 fully saturated rings. The predicted molar refractivity (Wildman–Crippen MR) is 111 cm³/mol. The molecule has 1 heterocycles. The number of fused-ring (bicyclic) bond motifs is 2. The third-order valence-electron chi connectivity index (χ3n) is 5.74. The van der Waals surface area contributed by atoms with E-state index in [9.17, 15) is 18.8 Å². The fraction of sp³-hybridized carbons (Fsp3) is 0.571. The van der Waals surface area contributed by atoms with Crippen LogP contribution in [0.4, 0.5) is 14.9 Å². The highest BCUT2D eigenvalue weighted by atomic mass is 19.1. The summed E-state index contributed by atoms with van der Waals surface area (Å²) in [4.78, 5) is 42.2. The molecule has 32 heavy (non-hydrogen) atoms. The number of piperidine rings is 1. The maximum atomic E-state index is 14.4. The number of carbonyl (C=O) groups is 3. The van der Waals surface area contributed by atoms with Crippen molar-refractivity contribution < 1.29 is 23.5 Å². The van der Waals surface area contributed by atoms with Gasteiger partial charge in [-0.05, 0) is 57.6 Å². The summed E-state index contributed by atoms with van der Waals surface area (Å²) in [7, 11) is 0. The molecule has 0 radical (unpaired) electrons. The van der Waals surface area contributed by atoms with Gasteiger partial charge < -0.3 is 15.8 Å². The largest absolute Gasteiger partial charge is 0.444 e. The summed E-state index contributed by atoms with van der Waals surface area (Å²) < 4.78 is 19.9. The molecule has 0 unspecified atom stereocenters. The fourth-order valence-electron chi connectivity index (χ4n) is 4.42. The highest BCUT2D eigenvalue weighted by Gasteiger charge is 2.52. The van der Waals surface area contributed by atoms with Gasteiger partial charge in [0.25, 0.3) is 0 Å². The first-order chi connectivity index (χ1) is 15.0. The van der Waals surface area contributed by atoms with Gasteiger partial charge >= 0.3 is 6.09 Å². The van der Waals surface area contributed by atoms with Crippen molar-refractivity contribution >= 4 is 23.6 Å². The van der Waals surface area contributed by atoms with Gasteiger partial charge in [0.1, 0.15) is 29.0 Å². The zero-order valence-electron chi connectivity index (χ0n) is 18.3. The minimum Gasteiger partial charge on any atom is -0.444 e. The topological polar surface area (TPSA) is 152 Å². The molecule has 11 heteroatoms. The van der Waals surface area contributed by atoms with Crippen molar-refractivity contribution in [3.8, 4) is 0 Å². The molecule has 1 saturated heterocycles. The number of nitrogens with one attached hydrogen (secondary N) is 2. The molecule has 1 aliphatic heterocycles. The lowest BCUT2D eigenvalue weighted by atomic mass is 9.97. The van der Waals surface area contributed by atoms with Gasteiger partial charge in [0, 0.05) is 18.5 Å². The number of halogens is 1. The molecule has 4 N–H and O–H groups in total. The molecule has 0 spiro atoms. The number of hydrogen-bond donors (Lipinski definition) is 3. The minimum absolute atomic E-state index is 0.0349. The number of likely N-dealkylation sites (tertiary alicyclic amines) is 1. The van der Waals surface area contributed by atoms with Gasteiger partial charge in [-0.15, -0.1) is 0 Å². The van der Waals surface area contributed by atoms with E-state index >= 15 is 0 Å². The number of amides is 3. The minimum atomic E-state index is -1.17. The van der Waals surface area contributed by atoms with E-state index in [0.29, 0.717) is 6.42 Å². The summed E-state index contributed by atoms with van der Waals surface area (Å²) >= 11 is 0. The lowest BCUT2D eigenvalue weighted by Gasteiger charge is -2.36. The Hall–Kier alpha value is -3.33. The summed E-state index contributed by atoms with van der Waals surface area (Å²) in [6.45, 7) is 5.26. The summed E-state index contributed by atoms with van der Waals surface area (Å²) in [5.74, 6) is -2.02. The van der Waals surface area contributed by atoms with Crippen LogP contribution in [0, 0.1) is 17.3 Å². The summed E-state index contributed by atoms with van der Waals surface area (Å²) in [5.41, 5.74) is 11.8. The smallest absolute Gasteiger partial charge is 0.411 e. The Morgan fingerprint density at radius 2 is 2.09 bits per heavy atom. The van der Waals surface area contributed by atoms with Crippen LogP contribution in [0.3, 0.4) is 0 Å². The Bertz CT molecular complexity index is 972. The molecule has 3 amide bonds. The van der Waals surface area contributed by atoms with Crippen LogP contribution in [0.2, 0.25) is 0 Å². The Labute approximate surface area is 184 Å². The number of nitrogens with two attached hydrogens (primary N) is 1.